The van der Waals surface area contributed by atoms with Gasteiger partial charge in [-0.1, -0.05) is 37.6 Å². The third-order valence-electron chi connectivity index (χ3n) is 11.2. The first-order valence-corrected chi connectivity index (χ1v) is 15.2. The molecule has 3 fully saturated rings. The van der Waals surface area contributed by atoms with Crippen molar-refractivity contribution in [3.63, 3.8) is 0 Å². The summed E-state index contributed by atoms with van der Waals surface area (Å²) in [5.74, 6) is -1.97. The lowest BCUT2D eigenvalue weighted by molar-refractivity contribution is -0.145. The number of hydrogen-bond acceptors (Lipinski definition) is 7. The van der Waals surface area contributed by atoms with Gasteiger partial charge < -0.3 is 10.2 Å². The Morgan fingerprint density at radius 1 is 1.19 bits per heavy atom. The second-order valence-corrected chi connectivity index (χ2v) is 13.5. The van der Waals surface area contributed by atoms with Crippen molar-refractivity contribution in [2.24, 2.45) is 45.4 Å². The number of alkyl halides is 1. The minimum atomic E-state index is -1.31. The van der Waals surface area contributed by atoms with Gasteiger partial charge in [0, 0.05) is 36.6 Å². The van der Waals surface area contributed by atoms with Crippen LogP contribution in [0.15, 0.2) is 64.7 Å². The number of aliphatic hydroxyl groups is 2. The van der Waals surface area contributed by atoms with Gasteiger partial charge in [0.1, 0.15) is 12.8 Å². The molecule has 9 unspecified atom stereocenters. The molecule has 6 rings (SSSR count). The molecule has 0 aromatic heterocycles. The minimum Gasteiger partial charge on any atom is -0.393 e. The van der Waals surface area contributed by atoms with Crippen molar-refractivity contribution in [3.8, 4) is 0 Å². The van der Waals surface area contributed by atoms with Crippen molar-refractivity contribution in [2.45, 2.75) is 58.2 Å². The van der Waals surface area contributed by atoms with E-state index in [4.69, 9.17) is 0 Å². The fraction of sp³-hybridized carbons (Fsp3) is 0.559. The zero-order valence-electron chi connectivity index (χ0n) is 24.3. The Balaban J connectivity index is 1.25. The number of benzene rings is 1. The van der Waals surface area contributed by atoms with Gasteiger partial charge in [0.15, 0.2) is 11.6 Å². The third kappa shape index (κ3) is 4.81. The van der Waals surface area contributed by atoms with Crippen LogP contribution in [0.25, 0.3) is 0 Å². The van der Waals surface area contributed by atoms with Crippen LogP contribution in [-0.2, 0) is 16.0 Å². The number of anilines is 1. The quantitative estimate of drug-likeness (QED) is 0.414. The Morgan fingerprint density at radius 2 is 1.95 bits per heavy atom. The first-order valence-electron chi connectivity index (χ1n) is 15.2. The molecule has 0 amide bonds. The Kier molecular flexibility index (Phi) is 7.61. The lowest BCUT2D eigenvalue weighted by Crippen LogP contribution is -2.58. The molecule has 9 atom stereocenters. The maximum Gasteiger partial charge on any atom is 0.178 e. The number of dihydropyridines is 1. The van der Waals surface area contributed by atoms with Crippen molar-refractivity contribution in [1.29, 1.82) is 0 Å². The molecule has 1 aromatic rings. The van der Waals surface area contributed by atoms with Gasteiger partial charge in [-0.05, 0) is 96.8 Å². The summed E-state index contributed by atoms with van der Waals surface area (Å²) >= 11 is 0. The second-order valence-electron chi connectivity index (χ2n) is 13.5. The molecule has 1 heterocycles. The van der Waals surface area contributed by atoms with Crippen LogP contribution < -0.4 is 5.06 Å². The third-order valence-corrected chi connectivity index (χ3v) is 11.2. The lowest BCUT2D eigenvalue weighted by atomic mass is 9.46. The highest BCUT2D eigenvalue weighted by atomic mass is 19.1. The highest BCUT2D eigenvalue weighted by Crippen LogP contribution is 2.67. The molecule has 0 bridgehead atoms. The number of aliphatic hydroxyl groups excluding tert-OH is 2. The maximum atomic E-state index is 15.7. The number of halogens is 1. The molecule has 4 aliphatic carbocycles. The zero-order valence-corrected chi connectivity index (χ0v) is 24.3. The monoisotopic (exact) mass is 576 g/mol. The molecule has 1 aliphatic heterocycles. The summed E-state index contributed by atoms with van der Waals surface area (Å²) in [6.45, 7) is 4.29. The van der Waals surface area contributed by atoms with Crippen LogP contribution in [0.3, 0.4) is 0 Å². The number of nitrogens with zero attached hydrogens (tertiary/aromatic N) is 2. The van der Waals surface area contributed by atoms with Crippen LogP contribution in [0.2, 0.25) is 0 Å². The standard InChI is InChI=1S/C34H41FN2O5/c1-33-10-7-24(39)15-27(33)28(35)16-25-26-14-22(31(30(41)19-38)34(26,2)17-29(40)32(25)33)18-37(42)23-5-3-20(4-6-23)13-21-8-11-36-12-9-21/h3-8,10-11,15,22,25-26,28-29,31-32,38,40,42H,9,12-14,16-19H2,1-2H3. The van der Waals surface area contributed by atoms with E-state index in [0.717, 1.165) is 24.9 Å². The van der Waals surface area contributed by atoms with Crippen molar-refractivity contribution in [2.75, 3.05) is 24.8 Å². The smallest absolute Gasteiger partial charge is 0.178 e. The van der Waals surface area contributed by atoms with Crippen molar-refractivity contribution >= 4 is 23.5 Å². The fourth-order valence-electron chi connectivity index (χ4n) is 9.47. The predicted molar refractivity (Wildman–Crippen MR) is 158 cm³/mol. The molecule has 0 radical (unpaired) electrons. The second kappa shape index (κ2) is 11.0. The number of carbonyl (C=O) groups excluding carboxylic acids is 2. The normalized spacial score (nSPS) is 38.7. The van der Waals surface area contributed by atoms with Crippen molar-refractivity contribution in [1.82, 2.24) is 0 Å². The SMILES string of the molecule is CC12C=CC(=O)C=C1C(F)CC1C2C(O)CC2(C)C1CC(CN(O)c1ccc(CC3=CC=NCC3)cc1)C2C(=O)CO. The van der Waals surface area contributed by atoms with E-state index in [1.54, 1.807) is 6.08 Å². The molecule has 3 saturated carbocycles. The number of carbonyl (C=O) groups is 2. The van der Waals surface area contributed by atoms with Gasteiger partial charge >= 0.3 is 0 Å². The number of ketones is 2. The Hall–Kier alpha value is -2.94. The van der Waals surface area contributed by atoms with Crippen LogP contribution in [0.4, 0.5) is 10.1 Å². The number of aliphatic imine (C=N–C) groups is 1. The summed E-state index contributed by atoms with van der Waals surface area (Å²) in [5, 5.41) is 34.0. The van der Waals surface area contributed by atoms with E-state index in [1.807, 2.05) is 44.3 Å². The van der Waals surface area contributed by atoms with Gasteiger partial charge in [0.05, 0.1) is 11.8 Å². The number of allylic oxidation sites excluding steroid dienone is 5. The number of fused-ring (bicyclic) bond motifs is 5. The molecule has 224 valence electrons. The molecule has 0 spiro atoms. The number of rotatable bonds is 7. The molecule has 1 aromatic carbocycles. The number of hydrogen-bond donors (Lipinski definition) is 3. The lowest BCUT2D eigenvalue weighted by Gasteiger charge is -2.59. The van der Waals surface area contributed by atoms with Gasteiger partial charge in [0.25, 0.3) is 0 Å². The van der Waals surface area contributed by atoms with E-state index in [-0.39, 0.29) is 48.2 Å². The molecule has 8 heteroatoms. The summed E-state index contributed by atoms with van der Waals surface area (Å²) in [6, 6.07) is 7.74. The number of hydroxylamine groups is 1. The Bertz CT molecular complexity index is 1370. The van der Waals surface area contributed by atoms with Crippen LogP contribution in [0.5, 0.6) is 0 Å². The van der Waals surface area contributed by atoms with E-state index >= 15 is 4.39 Å². The first kappa shape index (κ1) is 29.1. The summed E-state index contributed by atoms with van der Waals surface area (Å²) in [6.07, 6.45) is 9.29. The largest absolute Gasteiger partial charge is 0.393 e. The average Bonchev–Trinajstić information content (AvgIpc) is 3.25. The minimum absolute atomic E-state index is 0.0814. The molecule has 3 N–H and O–H groups in total. The van der Waals surface area contributed by atoms with Crippen molar-refractivity contribution in [3.05, 3.63) is 65.3 Å². The first-order chi connectivity index (χ1) is 20.0. The van der Waals surface area contributed by atoms with E-state index in [1.165, 1.54) is 22.8 Å². The molecule has 5 aliphatic rings. The molecule has 7 nitrogen and oxygen atoms in total. The van der Waals surface area contributed by atoms with Crippen molar-refractivity contribution < 1.29 is 29.4 Å². The highest BCUT2D eigenvalue weighted by molar-refractivity contribution is 6.01. The van der Waals surface area contributed by atoms with Gasteiger partial charge in [-0.2, -0.15) is 0 Å². The van der Waals surface area contributed by atoms with E-state index in [2.05, 4.69) is 11.1 Å². The predicted octanol–water partition coefficient (Wildman–Crippen LogP) is 4.46. The van der Waals surface area contributed by atoms with Gasteiger partial charge in [-0.15, -0.1) is 0 Å². The number of Topliss-reactive ketones (excluding diaryl/α,β-unsaturated/α-hetero) is 1. The van der Waals surface area contributed by atoms with Gasteiger partial charge in [0.2, 0.25) is 0 Å². The van der Waals surface area contributed by atoms with Crippen LogP contribution in [-0.4, -0.2) is 65.2 Å². The van der Waals surface area contributed by atoms with E-state index in [0.29, 0.717) is 24.1 Å². The summed E-state index contributed by atoms with van der Waals surface area (Å²) in [5.41, 5.74) is 2.08. The van der Waals surface area contributed by atoms with Gasteiger partial charge in [-0.25, -0.2) is 4.39 Å². The zero-order chi connectivity index (χ0) is 29.8. The van der Waals surface area contributed by atoms with E-state index < -0.39 is 35.6 Å². The maximum absolute atomic E-state index is 15.7. The Labute approximate surface area is 246 Å². The molecule has 0 saturated heterocycles. The average molecular weight is 577 g/mol. The Morgan fingerprint density at radius 3 is 2.64 bits per heavy atom. The van der Waals surface area contributed by atoms with Gasteiger partial charge in [-0.3, -0.25) is 24.9 Å². The summed E-state index contributed by atoms with van der Waals surface area (Å²) in [7, 11) is 0. The van der Waals surface area contributed by atoms with Crippen LogP contribution >= 0.6 is 0 Å². The topological polar surface area (TPSA) is 110 Å². The fourth-order valence-corrected chi connectivity index (χ4v) is 9.47. The molecular formula is C34H41FN2O5. The molecular weight excluding hydrogens is 535 g/mol. The summed E-state index contributed by atoms with van der Waals surface area (Å²) in [4.78, 5) is 29.7. The molecule has 42 heavy (non-hydrogen) atoms. The van der Waals surface area contributed by atoms with E-state index in [9.17, 15) is 25.0 Å². The summed E-state index contributed by atoms with van der Waals surface area (Å²) < 4.78 is 15.7. The van der Waals surface area contributed by atoms with Crippen LogP contribution in [0.1, 0.15) is 45.1 Å². The van der Waals surface area contributed by atoms with Crippen LogP contribution in [0, 0.1) is 40.4 Å². The highest BCUT2D eigenvalue weighted by Gasteiger charge is 2.66.